The van der Waals surface area contributed by atoms with E-state index in [1.807, 2.05) is 217 Å². The van der Waals surface area contributed by atoms with Crippen molar-refractivity contribution in [1.82, 2.24) is 0 Å². The van der Waals surface area contributed by atoms with Crippen molar-refractivity contribution in [3.8, 4) is 11.8 Å². The van der Waals surface area contributed by atoms with Crippen LogP contribution in [0.15, 0.2) is 163 Å². The molecule has 3 heterocycles. The molecule has 0 radical (unpaired) electrons. The van der Waals surface area contributed by atoms with E-state index in [-0.39, 0.29) is 95.1 Å². The van der Waals surface area contributed by atoms with Crippen molar-refractivity contribution in [2.24, 2.45) is 23.7 Å². The van der Waals surface area contributed by atoms with E-state index in [0.29, 0.717) is 28.1 Å². The number of rotatable bonds is 4. The normalized spacial score (nSPS) is 18.1. The Morgan fingerprint density at radius 2 is 0.795 bits per heavy atom. The molecule has 2 saturated heterocycles. The number of benzene rings is 6. The first-order valence-electron chi connectivity index (χ1n) is 31.9. The molecule has 6 aromatic rings. The average Bonchev–Trinajstić information content (AvgIpc) is 1.57. The summed E-state index contributed by atoms with van der Waals surface area (Å²) < 4.78 is 0. The number of carbonyl (C=O) groups is 6. The molecule has 5 unspecified atom stereocenters. The van der Waals surface area contributed by atoms with Crippen LogP contribution < -0.4 is 14.7 Å². The Morgan fingerprint density at radius 1 is 0.409 bits per heavy atom. The van der Waals surface area contributed by atoms with E-state index in [9.17, 15) is 28.8 Å². The third-order valence-corrected chi connectivity index (χ3v) is 15.2. The fourth-order valence-corrected chi connectivity index (χ4v) is 10.9. The number of imide groups is 3. The minimum atomic E-state index is -0.369. The maximum Gasteiger partial charge on any atom is 0.266 e. The molecule has 11 rings (SSSR count). The number of allylic oxidation sites excluding steroid dienone is 2. The van der Waals surface area contributed by atoms with E-state index < -0.39 is 0 Å². The van der Waals surface area contributed by atoms with Crippen LogP contribution in [-0.2, 0) is 35.4 Å². The van der Waals surface area contributed by atoms with Gasteiger partial charge in [0.25, 0.3) is 11.8 Å². The van der Waals surface area contributed by atoms with Gasteiger partial charge in [-0.05, 0) is 130 Å². The van der Waals surface area contributed by atoms with Gasteiger partial charge in [0.2, 0.25) is 23.6 Å². The zero-order valence-corrected chi connectivity index (χ0v) is 56.6. The molecule has 5 aliphatic rings. The predicted molar refractivity (Wildman–Crippen MR) is 371 cm³/mol. The highest BCUT2D eigenvalue weighted by Crippen LogP contribution is 2.56. The highest BCUT2D eigenvalue weighted by Gasteiger charge is 2.61. The van der Waals surface area contributed by atoms with Crippen LogP contribution in [0.5, 0.6) is 0 Å². The topological polar surface area (TPSA) is 112 Å². The minimum Gasteiger partial charge on any atom is -0.274 e. The van der Waals surface area contributed by atoms with Gasteiger partial charge in [-0.15, -0.1) is 0 Å². The average molecular weight is 1190 g/mol. The number of hydrogen-bond donors (Lipinski definition) is 0. The molecular weight excluding hydrogens is 1090 g/mol. The third kappa shape index (κ3) is 17.6. The highest BCUT2D eigenvalue weighted by molar-refractivity contribution is 6.34. The monoisotopic (exact) mass is 1190 g/mol. The molecule has 0 aromatic heterocycles. The fourth-order valence-electron chi connectivity index (χ4n) is 10.9. The van der Waals surface area contributed by atoms with Gasteiger partial charge in [0, 0.05) is 17.5 Å². The predicted octanol–water partition coefficient (Wildman–Crippen LogP) is 19.7. The van der Waals surface area contributed by atoms with Crippen molar-refractivity contribution in [2.75, 3.05) is 14.7 Å². The summed E-state index contributed by atoms with van der Waals surface area (Å²) in [4.78, 5) is 80.6. The Balaban J connectivity index is 0.000000414. The number of anilines is 3. The number of fused-ring (bicyclic) bond motifs is 6. The van der Waals surface area contributed by atoms with Crippen molar-refractivity contribution in [3.05, 3.63) is 208 Å². The van der Waals surface area contributed by atoms with Crippen LogP contribution in [0.3, 0.4) is 0 Å². The van der Waals surface area contributed by atoms with Gasteiger partial charge in [-0.2, -0.15) is 0 Å². The van der Waals surface area contributed by atoms with Crippen molar-refractivity contribution in [2.45, 2.75) is 195 Å². The summed E-state index contributed by atoms with van der Waals surface area (Å²) in [7, 11) is 0. The fraction of sp³-hybridized carbons (Fsp3) is 0.418. The van der Waals surface area contributed by atoms with Crippen LogP contribution in [0.2, 0.25) is 0 Å². The molecule has 0 spiro atoms. The van der Waals surface area contributed by atoms with Gasteiger partial charge < -0.3 is 0 Å². The van der Waals surface area contributed by atoms with E-state index in [4.69, 9.17) is 0 Å². The third-order valence-electron chi connectivity index (χ3n) is 15.2. The number of carbonyl (C=O) groups excluding carboxylic acids is 6. The number of nitrogens with zero attached hydrogens (tertiary/aromatic N) is 3. The largest absolute Gasteiger partial charge is 0.274 e. The lowest BCUT2D eigenvalue weighted by Crippen LogP contribution is -2.33. The molecule has 3 aliphatic heterocycles. The van der Waals surface area contributed by atoms with Gasteiger partial charge in [-0.25, -0.2) is 4.90 Å². The van der Waals surface area contributed by atoms with Gasteiger partial charge in [-0.3, -0.25) is 38.6 Å². The SMILES string of the molecule is C.CC.CC.CC.CC.CC.CC.CC(C)(C)c1ccc(N2C(=O)CC(c3ccccc3)C2=O)cc1.CC(C)(C)c1ccc(N2C(=O)c3ccc(C#Cc4ccccc4)cc3C2=O)cc1.CC1=CC2CC1C1C(=O)N(c3ccc(C(C)(C)C)cc3)C(=O)C21. The quantitative estimate of drug-likeness (QED) is 0.0987. The molecule has 0 N–H and O–H groups in total. The summed E-state index contributed by atoms with van der Waals surface area (Å²) in [6.45, 7) is 45.4. The summed E-state index contributed by atoms with van der Waals surface area (Å²) in [5, 5.41) is 0. The van der Waals surface area contributed by atoms with Gasteiger partial charge >= 0.3 is 0 Å². The Kier molecular flexibility index (Phi) is 29.9. The van der Waals surface area contributed by atoms with E-state index in [0.717, 1.165) is 28.8 Å². The van der Waals surface area contributed by atoms with Gasteiger partial charge in [0.05, 0.1) is 45.9 Å². The molecule has 3 fully saturated rings. The summed E-state index contributed by atoms with van der Waals surface area (Å²) in [5.41, 5.74) is 10.2. The van der Waals surface area contributed by atoms with Gasteiger partial charge in [0.1, 0.15) is 0 Å². The van der Waals surface area contributed by atoms with Gasteiger partial charge in [-0.1, -0.05) is 261 Å². The van der Waals surface area contributed by atoms with Gasteiger partial charge in [0.15, 0.2) is 0 Å². The molecule has 1 saturated carbocycles. The first-order chi connectivity index (χ1) is 41.5. The summed E-state index contributed by atoms with van der Waals surface area (Å²) in [6.07, 6.45) is 3.43. The Hall–Kier alpha value is -7.96. The molecule has 6 aromatic carbocycles. The number of amides is 6. The smallest absolute Gasteiger partial charge is 0.266 e. The molecule has 2 aliphatic carbocycles. The molecule has 9 heteroatoms. The minimum absolute atomic E-state index is 0. The van der Waals surface area contributed by atoms with Crippen LogP contribution in [0.1, 0.15) is 233 Å². The molecule has 5 atom stereocenters. The molecule has 88 heavy (non-hydrogen) atoms. The van der Waals surface area contributed by atoms with E-state index >= 15 is 0 Å². The lowest BCUT2D eigenvalue weighted by atomic mass is 9.82. The molecule has 6 amide bonds. The zero-order valence-electron chi connectivity index (χ0n) is 56.6. The zero-order chi connectivity index (χ0) is 65.7. The van der Waals surface area contributed by atoms with E-state index in [1.165, 1.54) is 31.4 Å². The summed E-state index contributed by atoms with van der Waals surface area (Å²) >= 11 is 0. The first-order valence-corrected chi connectivity index (χ1v) is 31.9. The molecule has 9 nitrogen and oxygen atoms in total. The van der Waals surface area contributed by atoms with Crippen LogP contribution in [-0.4, -0.2) is 35.4 Å². The second-order valence-corrected chi connectivity index (χ2v) is 23.4. The van der Waals surface area contributed by atoms with Crippen LogP contribution in [0.4, 0.5) is 17.1 Å². The van der Waals surface area contributed by atoms with Crippen LogP contribution >= 0.6 is 0 Å². The second-order valence-electron chi connectivity index (χ2n) is 23.4. The number of hydrogen-bond acceptors (Lipinski definition) is 6. The molecular formula is C79H105N3O6. The standard InChI is InChI=1S/C26H21NO2.C20H23NO2.C20H21NO2.6C2H6.CH4/c1-26(2,3)20-12-14-21(15-13-20)27-24(28)22-16-11-19(17-23(22)25(27)29)10-9-18-7-5-4-6-8-18;1-11-9-12-10-15(11)17-16(12)18(22)21(19(17)23)14-7-5-13(6-8-14)20(2,3)4;1-20(2,3)15-9-11-16(12-10-15)21-18(22)13-17(19(21)23)14-7-5-4-6-8-14;6*1-2;/h4-8,11-17H,1-3H3;5-9,12,15-17H,10H2,1-4H3;4-12,17H,13H2,1-3H3;6*1-2H3;1H4. The van der Waals surface area contributed by atoms with Crippen molar-refractivity contribution in [1.29, 1.82) is 0 Å². The maximum absolute atomic E-state index is 13.0. The second kappa shape index (κ2) is 34.5. The molecule has 2 bridgehead atoms. The van der Waals surface area contributed by atoms with E-state index in [1.54, 1.807) is 18.2 Å². The van der Waals surface area contributed by atoms with Crippen LogP contribution in [0.25, 0.3) is 0 Å². The Labute approximate surface area is 531 Å². The Morgan fingerprint density at radius 3 is 1.24 bits per heavy atom. The van der Waals surface area contributed by atoms with Crippen molar-refractivity contribution < 1.29 is 28.8 Å². The maximum atomic E-state index is 13.0. The van der Waals surface area contributed by atoms with Crippen molar-refractivity contribution >= 4 is 52.5 Å². The lowest BCUT2D eigenvalue weighted by molar-refractivity contribution is -0.124. The summed E-state index contributed by atoms with van der Waals surface area (Å²) in [6, 6.07) is 47.5. The highest BCUT2D eigenvalue weighted by atomic mass is 16.2. The molecule has 472 valence electrons. The first kappa shape index (κ1) is 76.1. The van der Waals surface area contributed by atoms with Crippen LogP contribution in [0, 0.1) is 35.5 Å². The Bertz CT molecular complexity index is 3310. The lowest BCUT2D eigenvalue weighted by Gasteiger charge is -2.22. The summed E-state index contributed by atoms with van der Waals surface area (Å²) in [5.74, 6) is 5.21. The van der Waals surface area contributed by atoms with Crippen molar-refractivity contribution in [3.63, 3.8) is 0 Å². The van der Waals surface area contributed by atoms with E-state index in [2.05, 4.69) is 87.2 Å².